The van der Waals surface area contributed by atoms with Crippen molar-refractivity contribution in [2.24, 2.45) is 5.92 Å². The van der Waals surface area contributed by atoms with Crippen LogP contribution >= 0.6 is 0 Å². The number of likely N-dealkylation sites (tertiary alicyclic amines) is 1. The molecule has 6 nitrogen and oxygen atoms in total. The van der Waals surface area contributed by atoms with E-state index in [1.165, 1.54) is 0 Å². The third kappa shape index (κ3) is 3.37. The van der Waals surface area contributed by atoms with Crippen LogP contribution in [0.25, 0.3) is 10.9 Å². The molecule has 1 fully saturated rings. The highest BCUT2D eigenvalue weighted by molar-refractivity contribution is 5.99. The Morgan fingerprint density at radius 3 is 2.91 bits per heavy atom. The molecular weight excluding hydrogens is 294 g/mol. The number of H-pyrrole nitrogens is 1. The van der Waals surface area contributed by atoms with Crippen molar-refractivity contribution in [2.75, 3.05) is 19.6 Å². The monoisotopic (exact) mass is 315 g/mol. The predicted molar refractivity (Wildman–Crippen MR) is 87.0 cm³/mol. The first kappa shape index (κ1) is 15.6. The number of fused-ring (bicyclic) bond motifs is 1. The highest BCUT2D eigenvalue weighted by atomic mass is 16.3. The van der Waals surface area contributed by atoms with Crippen LogP contribution in [0.2, 0.25) is 0 Å². The van der Waals surface area contributed by atoms with Crippen molar-refractivity contribution in [2.45, 2.75) is 19.4 Å². The fourth-order valence-corrected chi connectivity index (χ4v) is 2.97. The number of hydrogen-bond acceptors (Lipinski definition) is 3. The molecule has 3 N–H and O–H groups in total. The summed E-state index contributed by atoms with van der Waals surface area (Å²) in [5.74, 6) is -0.276. The average molecular weight is 315 g/mol. The Balaban J connectivity index is 1.55. The van der Waals surface area contributed by atoms with Gasteiger partial charge >= 0.3 is 0 Å². The molecule has 2 aromatic rings. The van der Waals surface area contributed by atoms with Crippen molar-refractivity contribution < 1.29 is 14.7 Å². The molecule has 2 atom stereocenters. The largest absolute Gasteiger partial charge is 0.393 e. The number of nitrogens with one attached hydrogen (secondary N) is 2. The summed E-state index contributed by atoms with van der Waals surface area (Å²) in [6, 6.07) is 9.41. The number of para-hydroxylation sites is 1. The minimum Gasteiger partial charge on any atom is -0.393 e. The van der Waals surface area contributed by atoms with Crippen LogP contribution in [-0.4, -0.2) is 52.5 Å². The van der Waals surface area contributed by atoms with E-state index in [9.17, 15) is 14.7 Å². The van der Waals surface area contributed by atoms with Gasteiger partial charge in [-0.15, -0.1) is 0 Å². The molecule has 0 spiro atoms. The Labute approximate surface area is 134 Å². The molecule has 1 aliphatic rings. The van der Waals surface area contributed by atoms with Crippen LogP contribution in [0.3, 0.4) is 0 Å². The lowest BCUT2D eigenvalue weighted by atomic mass is 10.0. The number of benzene rings is 1. The zero-order valence-corrected chi connectivity index (χ0v) is 13.1. The van der Waals surface area contributed by atoms with E-state index in [4.69, 9.17) is 0 Å². The van der Waals surface area contributed by atoms with Gasteiger partial charge in [0.05, 0.1) is 12.6 Å². The molecule has 2 unspecified atom stereocenters. The Morgan fingerprint density at radius 1 is 1.43 bits per heavy atom. The molecule has 122 valence electrons. The molecule has 1 aromatic carbocycles. The molecule has 6 heteroatoms. The van der Waals surface area contributed by atoms with E-state index in [1.807, 2.05) is 24.3 Å². The third-order valence-corrected chi connectivity index (χ3v) is 4.43. The van der Waals surface area contributed by atoms with Crippen molar-refractivity contribution in [3.8, 4) is 0 Å². The summed E-state index contributed by atoms with van der Waals surface area (Å²) in [7, 11) is 0. The Morgan fingerprint density at radius 2 is 2.22 bits per heavy atom. The number of aliphatic hydroxyl groups excluding tert-OH is 1. The van der Waals surface area contributed by atoms with E-state index in [0.29, 0.717) is 18.8 Å². The van der Waals surface area contributed by atoms with Crippen molar-refractivity contribution in [3.63, 3.8) is 0 Å². The number of aromatic nitrogens is 1. The molecule has 1 aliphatic heterocycles. The molecule has 1 aromatic heterocycles. The number of aromatic amines is 1. The lowest BCUT2D eigenvalue weighted by Gasteiger charge is -2.17. The number of hydrogen-bond donors (Lipinski definition) is 3. The molecule has 2 amide bonds. The van der Waals surface area contributed by atoms with Crippen LogP contribution < -0.4 is 5.32 Å². The summed E-state index contributed by atoms with van der Waals surface area (Å²) in [6.07, 6.45) is 0.396. The maximum absolute atomic E-state index is 12.2. The van der Waals surface area contributed by atoms with E-state index < -0.39 is 6.10 Å². The molecule has 2 heterocycles. The maximum atomic E-state index is 12.2. The number of carbonyl (C=O) groups excluding carboxylic acids is 2. The van der Waals surface area contributed by atoms with Crippen molar-refractivity contribution in [1.82, 2.24) is 15.2 Å². The number of carbonyl (C=O) groups is 2. The van der Waals surface area contributed by atoms with Gasteiger partial charge in [-0.2, -0.15) is 0 Å². The molecule has 0 aliphatic carbocycles. The second-order valence-electron chi connectivity index (χ2n) is 6.08. The highest BCUT2D eigenvalue weighted by Gasteiger charge is 2.29. The van der Waals surface area contributed by atoms with Gasteiger partial charge in [0.2, 0.25) is 5.91 Å². The Bertz CT molecular complexity index is 690. The minimum atomic E-state index is -0.409. The van der Waals surface area contributed by atoms with E-state index in [-0.39, 0.29) is 24.3 Å². The van der Waals surface area contributed by atoms with Crippen LogP contribution in [0.15, 0.2) is 30.3 Å². The molecule has 0 bridgehead atoms. The molecule has 0 saturated carbocycles. The normalized spacial score (nSPS) is 19.0. The molecular formula is C17H21N3O3. The van der Waals surface area contributed by atoms with Crippen molar-refractivity contribution >= 4 is 22.7 Å². The van der Waals surface area contributed by atoms with Crippen LogP contribution in [-0.2, 0) is 4.79 Å². The zero-order chi connectivity index (χ0) is 16.4. The summed E-state index contributed by atoms with van der Waals surface area (Å²) in [5.41, 5.74) is 1.34. The van der Waals surface area contributed by atoms with Crippen LogP contribution in [0.4, 0.5) is 0 Å². The molecule has 1 saturated heterocycles. The summed E-state index contributed by atoms with van der Waals surface area (Å²) >= 11 is 0. The van der Waals surface area contributed by atoms with Gasteiger partial charge in [0, 0.05) is 29.9 Å². The maximum Gasteiger partial charge on any atom is 0.268 e. The molecule has 23 heavy (non-hydrogen) atoms. The summed E-state index contributed by atoms with van der Waals surface area (Å²) in [5, 5.41) is 13.2. The predicted octanol–water partition coefficient (Wildman–Crippen LogP) is 1.13. The number of nitrogens with zero attached hydrogens (tertiary/aromatic N) is 1. The number of aliphatic hydroxyl groups is 1. The van der Waals surface area contributed by atoms with E-state index >= 15 is 0 Å². The smallest absolute Gasteiger partial charge is 0.268 e. The number of amides is 2. The third-order valence-electron chi connectivity index (χ3n) is 4.43. The standard InChI is InChI=1S/C17H21N3O3/c1-11(21)13-6-7-20(10-13)16(22)9-18-17(23)15-8-12-4-2-3-5-14(12)19-15/h2-5,8,11,13,19,21H,6-7,9-10H2,1H3,(H,18,23). The minimum absolute atomic E-state index is 0.0271. The first-order valence-electron chi connectivity index (χ1n) is 7.86. The first-order chi connectivity index (χ1) is 11.0. The topological polar surface area (TPSA) is 85.4 Å². The van der Waals surface area contributed by atoms with Gasteiger partial charge in [-0.05, 0) is 25.5 Å². The van der Waals surface area contributed by atoms with Crippen LogP contribution in [0.1, 0.15) is 23.8 Å². The second kappa shape index (κ2) is 6.42. The van der Waals surface area contributed by atoms with Gasteiger partial charge in [0.15, 0.2) is 0 Å². The van der Waals surface area contributed by atoms with Crippen molar-refractivity contribution in [3.05, 3.63) is 36.0 Å². The van der Waals surface area contributed by atoms with Crippen LogP contribution in [0.5, 0.6) is 0 Å². The van der Waals surface area contributed by atoms with Gasteiger partial charge < -0.3 is 20.3 Å². The lowest BCUT2D eigenvalue weighted by Crippen LogP contribution is -2.39. The van der Waals surface area contributed by atoms with Gasteiger partial charge in [-0.1, -0.05) is 18.2 Å². The van der Waals surface area contributed by atoms with E-state index in [1.54, 1.807) is 17.9 Å². The summed E-state index contributed by atoms with van der Waals surface area (Å²) in [6.45, 7) is 2.91. The summed E-state index contributed by atoms with van der Waals surface area (Å²) < 4.78 is 0. The Kier molecular flexibility index (Phi) is 4.34. The second-order valence-corrected chi connectivity index (χ2v) is 6.08. The van der Waals surface area contributed by atoms with Gasteiger partial charge in [0.1, 0.15) is 5.69 Å². The lowest BCUT2D eigenvalue weighted by molar-refractivity contribution is -0.129. The van der Waals surface area contributed by atoms with Gasteiger partial charge in [-0.3, -0.25) is 9.59 Å². The highest BCUT2D eigenvalue weighted by Crippen LogP contribution is 2.19. The average Bonchev–Trinajstić information content (AvgIpc) is 3.18. The molecule has 3 rings (SSSR count). The molecule has 0 radical (unpaired) electrons. The van der Waals surface area contributed by atoms with Crippen LogP contribution in [0, 0.1) is 5.92 Å². The van der Waals surface area contributed by atoms with E-state index in [2.05, 4.69) is 10.3 Å². The fourth-order valence-electron chi connectivity index (χ4n) is 2.97. The van der Waals surface area contributed by atoms with Crippen molar-refractivity contribution in [1.29, 1.82) is 0 Å². The van der Waals surface area contributed by atoms with Gasteiger partial charge in [-0.25, -0.2) is 0 Å². The summed E-state index contributed by atoms with van der Waals surface area (Å²) in [4.78, 5) is 29.0. The zero-order valence-electron chi connectivity index (χ0n) is 13.1. The first-order valence-corrected chi connectivity index (χ1v) is 7.86. The fraction of sp³-hybridized carbons (Fsp3) is 0.412. The quantitative estimate of drug-likeness (QED) is 0.790. The van der Waals surface area contributed by atoms with E-state index in [0.717, 1.165) is 17.3 Å². The van der Waals surface area contributed by atoms with Gasteiger partial charge in [0.25, 0.3) is 5.91 Å². The Hall–Kier alpha value is -2.34. The number of rotatable bonds is 4. The SMILES string of the molecule is CC(O)C1CCN(C(=O)CNC(=O)c2cc3ccccc3[nH]2)C1.